The van der Waals surface area contributed by atoms with Crippen LogP contribution < -0.4 is 5.32 Å². The third-order valence-corrected chi connectivity index (χ3v) is 2.62. The summed E-state index contributed by atoms with van der Waals surface area (Å²) in [7, 11) is 0. The number of nitrogens with zero attached hydrogens (tertiary/aromatic N) is 3. The average Bonchev–Trinajstić information content (AvgIpc) is 2.73. The van der Waals surface area contributed by atoms with Crippen molar-refractivity contribution in [3.05, 3.63) is 11.9 Å². The minimum atomic E-state index is 0.0316. The van der Waals surface area contributed by atoms with Gasteiger partial charge in [-0.3, -0.25) is 0 Å². The van der Waals surface area contributed by atoms with E-state index in [1.54, 1.807) is 0 Å². The molecule has 78 valence electrons. The van der Waals surface area contributed by atoms with Crippen LogP contribution in [0.5, 0.6) is 0 Å². The van der Waals surface area contributed by atoms with Gasteiger partial charge in [0.05, 0.1) is 23.5 Å². The van der Waals surface area contributed by atoms with Crippen molar-refractivity contribution in [2.24, 2.45) is 0 Å². The van der Waals surface area contributed by atoms with E-state index in [4.69, 9.17) is 0 Å². The van der Waals surface area contributed by atoms with Crippen molar-refractivity contribution in [3.8, 4) is 0 Å². The van der Waals surface area contributed by atoms with Gasteiger partial charge in [0.2, 0.25) is 0 Å². The zero-order valence-corrected chi connectivity index (χ0v) is 9.12. The standard InChI is InChI=1S/C10H18N4/c1-10(2,3)14-7-9(12-13-14)8-5-4-6-11-8/h7-8,11H,4-6H2,1-3H3/t8-/m0/s1. The number of rotatable bonds is 1. The molecule has 0 radical (unpaired) electrons. The molecule has 1 aliphatic rings. The van der Waals surface area contributed by atoms with E-state index >= 15 is 0 Å². The van der Waals surface area contributed by atoms with Gasteiger partial charge in [0.25, 0.3) is 0 Å². The summed E-state index contributed by atoms with van der Waals surface area (Å²) in [6, 6.07) is 0.422. The predicted molar refractivity (Wildman–Crippen MR) is 55.0 cm³/mol. The first-order valence-corrected chi connectivity index (χ1v) is 5.23. The Morgan fingerprint density at radius 1 is 1.50 bits per heavy atom. The van der Waals surface area contributed by atoms with Crippen molar-refractivity contribution >= 4 is 0 Å². The van der Waals surface area contributed by atoms with Crippen molar-refractivity contribution in [1.82, 2.24) is 20.3 Å². The van der Waals surface area contributed by atoms with Crippen LogP contribution in [-0.2, 0) is 5.54 Å². The van der Waals surface area contributed by atoms with E-state index in [0.717, 1.165) is 12.2 Å². The molecule has 4 heteroatoms. The molecular weight excluding hydrogens is 176 g/mol. The maximum absolute atomic E-state index is 4.22. The van der Waals surface area contributed by atoms with Crippen LogP contribution >= 0.6 is 0 Å². The maximum Gasteiger partial charge on any atom is 0.0996 e. The fourth-order valence-corrected chi connectivity index (χ4v) is 1.70. The maximum atomic E-state index is 4.22. The molecule has 0 unspecified atom stereocenters. The molecule has 1 atom stereocenters. The second-order valence-corrected chi connectivity index (χ2v) is 4.91. The molecule has 0 bridgehead atoms. The summed E-state index contributed by atoms with van der Waals surface area (Å²) in [4.78, 5) is 0. The molecule has 0 amide bonds. The van der Waals surface area contributed by atoms with Gasteiger partial charge in [0.15, 0.2) is 0 Å². The molecule has 0 aliphatic carbocycles. The molecule has 1 aromatic rings. The molecule has 0 saturated carbocycles. The average molecular weight is 194 g/mol. The smallest absolute Gasteiger partial charge is 0.0996 e. The van der Waals surface area contributed by atoms with E-state index in [2.05, 4.69) is 42.6 Å². The van der Waals surface area contributed by atoms with Gasteiger partial charge in [-0.1, -0.05) is 5.21 Å². The molecule has 1 aromatic heterocycles. The highest BCUT2D eigenvalue weighted by Gasteiger charge is 2.22. The highest BCUT2D eigenvalue weighted by molar-refractivity contribution is 5.03. The van der Waals surface area contributed by atoms with Gasteiger partial charge in [-0.2, -0.15) is 0 Å². The minimum absolute atomic E-state index is 0.0316. The summed E-state index contributed by atoms with van der Waals surface area (Å²) in [6.45, 7) is 7.50. The van der Waals surface area contributed by atoms with Crippen molar-refractivity contribution in [1.29, 1.82) is 0 Å². The molecule has 14 heavy (non-hydrogen) atoms. The second-order valence-electron chi connectivity index (χ2n) is 4.91. The molecule has 2 rings (SSSR count). The Morgan fingerprint density at radius 2 is 2.29 bits per heavy atom. The lowest BCUT2D eigenvalue weighted by Gasteiger charge is -2.17. The van der Waals surface area contributed by atoms with Gasteiger partial charge in [-0.15, -0.1) is 5.10 Å². The van der Waals surface area contributed by atoms with Crippen molar-refractivity contribution in [2.45, 2.75) is 45.2 Å². The Morgan fingerprint density at radius 3 is 2.79 bits per heavy atom. The SMILES string of the molecule is CC(C)(C)n1cc([C@@H]2CCCN2)nn1. The summed E-state index contributed by atoms with van der Waals surface area (Å²) in [6.07, 6.45) is 4.48. The number of aromatic nitrogens is 3. The molecule has 0 aromatic carbocycles. The van der Waals surface area contributed by atoms with Crippen LogP contribution in [0.1, 0.15) is 45.3 Å². The lowest BCUT2D eigenvalue weighted by atomic mass is 10.1. The Labute approximate surface area is 84.7 Å². The van der Waals surface area contributed by atoms with Crippen molar-refractivity contribution in [2.75, 3.05) is 6.54 Å². The van der Waals surface area contributed by atoms with Crippen molar-refractivity contribution < 1.29 is 0 Å². The van der Waals surface area contributed by atoms with Gasteiger partial charge >= 0.3 is 0 Å². The Balaban J connectivity index is 2.17. The van der Waals surface area contributed by atoms with Gasteiger partial charge < -0.3 is 5.32 Å². The fraction of sp³-hybridized carbons (Fsp3) is 0.800. The van der Waals surface area contributed by atoms with E-state index in [1.165, 1.54) is 12.8 Å². The van der Waals surface area contributed by atoms with E-state index in [0.29, 0.717) is 6.04 Å². The molecule has 1 aliphatic heterocycles. The highest BCUT2D eigenvalue weighted by atomic mass is 15.4. The molecule has 1 N–H and O–H groups in total. The molecule has 0 spiro atoms. The fourth-order valence-electron chi connectivity index (χ4n) is 1.70. The summed E-state index contributed by atoms with van der Waals surface area (Å²) in [5.41, 5.74) is 1.11. The zero-order valence-electron chi connectivity index (χ0n) is 9.12. The first-order chi connectivity index (χ1) is 6.57. The lowest BCUT2D eigenvalue weighted by Crippen LogP contribution is -2.22. The zero-order chi connectivity index (χ0) is 10.2. The van der Waals surface area contributed by atoms with Crippen LogP contribution in [0.2, 0.25) is 0 Å². The van der Waals surface area contributed by atoms with Crippen molar-refractivity contribution in [3.63, 3.8) is 0 Å². The predicted octanol–water partition coefficient (Wildman–Crippen LogP) is 1.46. The minimum Gasteiger partial charge on any atom is -0.309 e. The largest absolute Gasteiger partial charge is 0.309 e. The number of nitrogens with one attached hydrogen (secondary N) is 1. The van der Waals surface area contributed by atoms with Gasteiger partial charge in [0.1, 0.15) is 0 Å². The van der Waals surface area contributed by atoms with Gasteiger partial charge in [0, 0.05) is 0 Å². The van der Waals surface area contributed by atoms with Crippen LogP contribution in [0.4, 0.5) is 0 Å². The molecule has 1 saturated heterocycles. The van der Waals surface area contributed by atoms with Crippen LogP contribution in [0.25, 0.3) is 0 Å². The lowest BCUT2D eigenvalue weighted by molar-refractivity contribution is 0.346. The normalized spacial score (nSPS) is 22.9. The van der Waals surface area contributed by atoms with E-state index in [9.17, 15) is 0 Å². The van der Waals surface area contributed by atoms with Gasteiger partial charge in [-0.05, 0) is 40.2 Å². The second kappa shape index (κ2) is 3.35. The molecule has 4 nitrogen and oxygen atoms in total. The molecule has 2 heterocycles. The summed E-state index contributed by atoms with van der Waals surface area (Å²) in [5, 5.41) is 11.8. The quantitative estimate of drug-likeness (QED) is 0.736. The third-order valence-electron chi connectivity index (χ3n) is 2.62. The van der Waals surface area contributed by atoms with Crippen LogP contribution in [0.15, 0.2) is 6.20 Å². The first-order valence-electron chi connectivity index (χ1n) is 5.23. The Bertz CT molecular complexity index is 304. The van der Waals surface area contributed by atoms with E-state index in [-0.39, 0.29) is 5.54 Å². The topological polar surface area (TPSA) is 42.7 Å². The number of hydrogen-bond acceptors (Lipinski definition) is 3. The summed E-state index contributed by atoms with van der Waals surface area (Å²) < 4.78 is 1.93. The highest BCUT2D eigenvalue weighted by Crippen LogP contribution is 2.22. The summed E-state index contributed by atoms with van der Waals surface area (Å²) >= 11 is 0. The van der Waals surface area contributed by atoms with E-state index in [1.807, 2.05) is 4.68 Å². The van der Waals surface area contributed by atoms with Crippen LogP contribution in [0.3, 0.4) is 0 Å². The third kappa shape index (κ3) is 1.80. The van der Waals surface area contributed by atoms with E-state index < -0.39 is 0 Å². The summed E-state index contributed by atoms with van der Waals surface area (Å²) in [5.74, 6) is 0. The Kier molecular flexibility index (Phi) is 2.31. The molecule has 1 fully saturated rings. The van der Waals surface area contributed by atoms with Crippen LogP contribution in [0, 0.1) is 0 Å². The van der Waals surface area contributed by atoms with Gasteiger partial charge in [-0.25, -0.2) is 4.68 Å². The monoisotopic (exact) mass is 194 g/mol. The Hall–Kier alpha value is -0.900. The first kappa shape index (κ1) is 9.65. The number of hydrogen-bond donors (Lipinski definition) is 1. The van der Waals surface area contributed by atoms with Crippen LogP contribution in [-0.4, -0.2) is 21.5 Å². The molecular formula is C10H18N4.